The van der Waals surface area contributed by atoms with Gasteiger partial charge in [0.25, 0.3) is 5.91 Å². The monoisotopic (exact) mass is 584 g/mol. The van der Waals surface area contributed by atoms with E-state index in [1.165, 1.54) is 13.2 Å². The van der Waals surface area contributed by atoms with E-state index in [4.69, 9.17) is 19.2 Å². The van der Waals surface area contributed by atoms with Gasteiger partial charge in [0.2, 0.25) is 0 Å². The Bertz CT molecular complexity index is 1150. The number of aromatic nitrogens is 2. The third kappa shape index (κ3) is 9.39. The second-order valence-electron chi connectivity index (χ2n) is 10.7. The van der Waals surface area contributed by atoms with Crippen LogP contribution in [0.2, 0.25) is 0 Å². The molecule has 0 aliphatic carbocycles. The van der Waals surface area contributed by atoms with Crippen molar-refractivity contribution in [2.45, 2.75) is 72.3 Å². The highest BCUT2D eigenvalue weighted by Gasteiger charge is 2.25. The van der Waals surface area contributed by atoms with Crippen LogP contribution in [0.3, 0.4) is 0 Å². The summed E-state index contributed by atoms with van der Waals surface area (Å²) in [6.07, 6.45) is 8.09. The minimum absolute atomic E-state index is 0.108. The van der Waals surface area contributed by atoms with Crippen LogP contribution in [0.25, 0.3) is 11.4 Å². The largest absolute Gasteiger partial charge is 0.465 e. The third-order valence-electron chi connectivity index (χ3n) is 7.46. The maximum Gasteiger partial charge on any atom is 0.338 e. The molecule has 2 heterocycles. The number of hydrogen-bond acceptors (Lipinski definition) is 8. The molecule has 1 saturated heterocycles. The van der Waals surface area contributed by atoms with Crippen molar-refractivity contribution in [2.75, 3.05) is 59.7 Å². The molecule has 0 bridgehead atoms. The van der Waals surface area contributed by atoms with Crippen LogP contribution in [0.4, 0.5) is 0 Å². The van der Waals surface area contributed by atoms with E-state index >= 15 is 0 Å². The van der Waals surface area contributed by atoms with Crippen LogP contribution in [0.1, 0.15) is 96.9 Å². The molecule has 0 unspecified atom stereocenters. The number of amides is 1. The smallest absolute Gasteiger partial charge is 0.338 e. The summed E-state index contributed by atoms with van der Waals surface area (Å²) in [5.41, 5.74) is 1.34. The first kappa shape index (κ1) is 33.3. The van der Waals surface area contributed by atoms with Crippen LogP contribution in [0.15, 0.2) is 24.4 Å². The Morgan fingerprint density at radius 3 is 2.26 bits per heavy atom. The van der Waals surface area contributed by atoms with Gasteiger partial charge in [-0.15, -0.1) is 0 Å². The van der Waals surface area contributed by atoms with Crippen molar-refractivity contribution in [2.24, 2.45) is 0 Å². The molecule has 0 spiro atoms. The number of hydrogen-bond donors (Lipinski definition) is 0. The van der Waals surface area contributed by atoms with Gasteiger partial charge in [-0.2, -0.15) is 0 Å². The van der Waals surface area contributed by atoms with Crippen LogP contribution in [-0.2, 0) is 20.8 Å². The van der Waals surface area contributed by atoms with Gasteiger partial charge in [-0.05, 0) is 43.9 Å². The van der Waals surface area contributed by atoms with Gasteiger partial charge in [0, 0.05) is 51.0 Å². The first-order valence-corrected chi connectivity index (χ1v) is 15.5. The molecule has 1 aromatic carbocycles. The summed E-state index contributed by atoms with van der Waals surface area (Å²) in [6, 6.07) is 4.81. The van der Waals surface area contributed by atoms with Crippen LogP contribution >= 0.6 is 0 Å². The molecule has 1 aromatic heterocycles. The number of imidazole rings is 1. The molecule has 0 N–H and O–H groups in total. The van der Waals surface area contributed by atoms with Gasteiger partial charge < -0.3 is 23.7 Å². The molecule has 1 amide bonds. The fourth-order valence-electron chi connectivity index (χ4n) is 4.91. The van der Waals surface area contributed by atoms with Crippen LogP contribution < -0.4 is 0 Å². The van der Waals surface area contributed by atoms with E-state index in [1.54, 1.807) is 12.1 Å². The normalized spacial score (nSPS) is 13.6. The first-order chi connectivity index (χ1) is 20.4. The van der Waals surface area contributed by atoms with Gasteiger partial charge in [-0.3, -0.25) is 9.69 Å². The lowest BCUT2D eigenvalue weighted by Crippen LogP contribution is -2.37. The molecule has 42 heavy (non-hydrogen) atoms. The summed E-state index contributed by atoms with van der Waals surface area (Å²) in [7, 11) is 1.30. The van der Waals surface area contributed by atoms with Crippen molar-refractivity contribution < 1.29 is 28.6 Å². The van der Waals surface area contributed by atoms with Gasteiger partial charge in [0.15, 0.2) is 0 Å². The number of benzene rings is 1. The number of ether oxygens (including phenoxy) is 3. The maximum atomic E-state index is 13.7. The second-order valence-corrected chi connectivity index (χ2v) is 10.7. The van der Waals surface area contributed by atoms with Crippen molar-refractivity contribution in [1.29, 1.82) is 0 Å². The standard InChI is InChI=1S/C32H48N4O6/c1-5-8-15-35(16-9-6-2)30(37)28-24-36(17-11-14-34-18-21-41-22-19-34)29(33-28)26-13-12-25(31(38)40-4)23-27(26)32(39)42-20-10-7-3/h12-13,23-24H,5-11,14-22H2,1-4H3. The van der Waals surface area contributed by atoms with E-state index in [-0.39, 0.29) is 23.6 Å². The molecule has 3 rings (SSSR count). The van der Waals surface area contributed by atoms with Gasteiger partial charge in [0.1, 0.15) is 11.5 Å². The second kappa shape index (κ2) is 17.7. The molecule has 0 radical (unpaired) electrons. The van der Waals surface area contributed by atoms with Gasteiger partial charge in [0.05, 0.1) is 38.1 Å². The molecule has 1 aliphatic rings. The summed E-state index contributed by atoms with van der Waals surface area (Å²) in [4.78, 5) is 48.4. The summed E-state index contributed by atoms with van der Waals surface area (Å²) >= 11 is 0. The number of nitrogens with zero attached hydrogens (tertiary/aromatic N) is 4. The third-order valence-corrected chi connectivity index (χ3v) is 7.46. The van der Waals surface area contributed by atoms with E-state index in [2.05, 4.69) is 18.7 Å². The van der Waals surface area contributed by atoms with E-state index in [0.717, 1.165) is 77.8 Å². The Balaban J connectivity index is 2.01. The lowest BCUT2D eigenvalue weighted by atomic mass is 10.0. The molecule has 1 aliphatic heterocycles. The predicted octanol–water partition coefficient (Wildman–Crippen LogP) is 5.06. The Hall–Kier alpha value is -3.24. The zero-order chi connectivity index (χ0) is 30.3. The fraction of sp³-hybridized carbons (Fsp3) is 0.625. The van der Waals surface area contributed by atoms with E-state index < -0.39 is 11.9 Å². The highest BCUT2D eigenvalue weighted by Crippen LogP contribution is 2.27. The number of aryl methyl sites for hydroxylation is 1. The molecular formula is C32H48N4O6. The molecule has 10 nitrogen and oxygen atoms in total. The van der Waals surface area contributed by atoms with E-state index in [0.29, 0.717) is 36.7 Å². The number of carbonyl (C=O) groups is 3. The molecule has 0 atom stereocenters. The predicted molar refractivity (Wildman–Crippen MR) is 162 cm³/mol. The lowest BCUT2D eigenvalue weighted by Gasteiger charge is -2.26. The SMILES string of the molecule is CCCCOC(=O)c1cc(C(=O)OC)ccc1-c1nc(C(=O)N(CCCC)CCCC)cn1CCCN1CCOCC1. The summed E-state index contributed by atoms with van der Waals surface area (Å²) in [6.45, 7) is 12.6. The highest BCUT2D eigenvalue weighted by molar-refractivity contribution is 6.01. The van der Waals surface area contributed by atoms with Crippen LogP contribution in [0.5, 0.6) is 0 Å². The lowest BCUT2D eigenvalue weighted by molar-refractivity contribution is 0.0369. The summed E-state index contributed by atoms with van der Waals surface area (Å²) in [5.74, 6) is -0.683. The van der Waals surface area contributed by atoms with E-state index in [9.17, 15) is 14.4 Å². The minimum Gasteiger partial charge on any atom is -0.465 e. The maximum absolute atomic E-state index is 13.7. The first-order valence-electron chi connectivity index (χ1n) is 15.5. The quantitative estimate of drug-likeness (QED) is 0.188. The Labute approximate surface area is 250 Å². The minimum atomic E-state index is -0.545. The number of morpholine rings is 1. The van der Waals surface area contributed by atoms with Gasteiger partial charge in [-0.1, -0.05) is 40.0 Å². The Morgan fingerprint density at radius 1 is 0.929 bits per heavy atom. The number of esters is 2. The molecule has 0 saturated carbocycles. The van der Waals surface area contributed by atoms with Gasteiger partial charge >= 0.3 is 11.9 Å². The van der Waals surface area contributed by atoms with E-state index in [1.807, 2.05) is 22.6 Å². The van der Waals surface area contributed by atoms with Crippen molar-refractivity contribution >= 4 is 17.8 Å². The Kier molecular flexibility index (Phi) is 14.0. The average molecular weight is 585 g/mol. The van der Waals surface area contributed by atoms with Crippen molar-refractivity contribution in [1.82, 2.24) is 19.4 Å². The fourth-order valence-corrected chi connectivity index (χ4v) is 4.91. The van der Waals surface area contributed by atoms with Crippen molar-refractivity contribution in [3.05, 3.63) is 41.2 Å². The average Bonchev–Trinajstić information content (AvgIpc) is 3.44. The molecule has 10 heteroatoms. The summed E-state index contributed by atoms with van der Waals surface area (Å²) < 4.78 is 17.9. The van der Waals surface area contributed by atoms with Crippen LogP contribution in [0, 0.1) is 0 Å². The zero-order valence-corrected chi connectivity index (χ0v) is 25.9. The molecule has 232 valence electrons. The van der Waals surface area contributed by atoms with Crippen molar-refractivity contribution in [3.8, 4) is 11.4 Å². The molecular weight excluding hydrogens is 536 g/mol. The van der Waals surface area contributed by atoms with Gasteiger partial charge in [-0.25, -0.2) is 14.6 Å². The van der Waals surface area contributed by atoms with Crippen LogP contribution in [-0.4, -0.2) is 96.9 Å². The number of unbranched alkanes of at least 4 members (excludes halogenated alkanes) is 3. The molecule has 1 fully saturated rings. The zero-order valence-electron chi connectivity index (χ0n) is 25.9. The molecule has 2 aromatic rings. The van der Waals surface area contributed by atoms with Crippen molar-refractivity contribution in [3.63, 3.8) is 0 Å². The Morgan fingerprint density at radius 2 is 1.62 bits per heavy atom. The number of methoxy groups -OCH3 is 1. The topological polar surface area (TPSA) is 103 Å². The number of carbonyl (C=O) groups excluding carboxylic acids is 3. The number of rotatable bonds is 17. The summed E-state index contributed by atoms with van der Waals surface area (Å²) in [5, 5.41) is 0. The highest BCUT2D eigenvalue weighted by atomic mass is 16.5.